The quantitative estimate of drug-likeness (QED) is 0.758. The second-order valence-electron chi connectivity index (χ2n) is 3.62. The molecule has 0 aliphatic rings. The van der Waals surface area contributed by atoms with E-state index in [0.29, 0.717) is 17.2 Å². The van der Waals surface area contributed by atoms with Gasteiger partial charge in [0, 0.05) is 19.0 Å². The molecule has 0 N–H and O–H groups in total. The van der Waals surface area contributed by atoms with Crippen molar-refractivity contribution >= 4 is 17.5 Å². The topological polar surface area (TPSA) is 29.5 Å². The number of rotatable bonds is 4. The third-order valence-corrected chi connectivity index (χ3v) is 2.99. The van der Waals surface area contributed by atoms with Crippen molar-refractivity contribution in [3.8, 4) is 5.75 Å². The molecule has 1 atom stereocenters. The molecule has 16 heavy (non-hydrogen) atoms. The molecule has 0 bridgehead atoms. The van der Waals surface area contributed by atoms with Gasteiger partial charge in [-0.25, -0.2) is 0 Å². The van der Waals surface area contributed by atoms with E-state index in [-0.39, 0.29) is 11.9 Å². The molecule has 0 heterocycles. The van der Waals surface area contributed by atoms with Crippen molar-refractivity contribution in [2.45, 2.75) is 13.0 Å². The van der Waals surface area contributed by atoms with Gasteiger partial charge in [0.1, 0.15) is 5.75 Å². The fraction of sp³-hybridized carbons (Fsp3) is 0.417. The number of hydrogen-bond donors (Lipinski definition) is 0. The standard InChI is InChI=1S/C12H16ClNO2/c1-9(8-13)14(2)12(15)10-6-4-5-7-11(10)16-3/h4-7,9H,8H2,1-3H3. The van der Waals surface area contributed by atoms with Gasteiger partial charge in [-0.1, -0.05) is 12.1 Å². The highest BCUT2D eigenvalue weighted by Gasteiger charge is 2.19. The predicted molar refractivity (Wildman–Crippen MR) is 65.3 cm³/mol. The Morgan fingerprint density at radius 3 is 2.69 bits per heavy atom. The molecule has 0 radical (unpaired) electrons. The van der Waals surface area contributed by atoms with Gasteiger partial charge in [-0.3, -0.25) is 4.79 Å². The minimum absolute atomic E-state index is 0.000853. The summed E-state index contributed by atoms with van der Waals surface area (Å²) < 4.78 is 5.15. The first-order valence-electron chi connectivity index (χ1n) is 5.08. The monoisotopic (exact) mass is 241 g/mol. The maximum Gasteiger partial charge on any atom is 0.257 e. The molecule has 0 fully saturated rings. The first kappa shape index (κ1) is 12.8. The Bertz CT molecular complexity index is 368. The molecule has 1 amide bonds. The first-order valence-corrected chi connectivity index (χ1v) is 5.61. The minimum Gasteiger partial charge on any atom is -0.496 e. The molecule has 0 aliphatic carbocycles. The van der Waals surface area contributed by atoms with E-state index in [4.69, 9.17) is 16.3 Å². The van der Waals surface area contributed by atoms with Crippen molar-refractivity contribution in [2.75, 3.05) is 20.0 Å². The van der Waals surface area contributed by atoms with Crippen molar-refractivity contribution in [2.24, 2.45) is 0 Å². The third-order valence-electron chi connectivity index (χ3n) is 2.54. The van der Waals surface area contributed by atoms with Gasteiger partial charge in [0.15, 0.2) is 0 Å². The molecule has 1 aromatic carbocycles. The van der Waals surface area contributed by atoms with E-state index in [9.17, 15) is 4.79 Å². The van der Waals surface area contributed by atoms with Crippen molar-refractivity contribution in [1.29, 1.82) is 0 Å². The van der Waals surface area contributed by atoms with E-state index in [1.165, 1.54) is 0 Å². The number of alkyl halides is 1. The molecule has 1 unspecified atom stereocenters. The van der Waals surface area contributed by atoms with Crippen LogP contribution in [0.5, 0.6) is 5.75 Å². The predicted octanol–water partition coefficient (Wildman–Crippen LogP) is 2.39. The lowest BCUT2D eigenvalue weighted by molar-refractivity contribution is 0.0753. The molecule has 0 aliphatic heterocycles. The lowest BCUT2D eigenvalue weighted by Crippen LogP contribution is -2.36. The lowest BCUT2D eigenvalue weighted by atomic mass is 10.1. The van der Waals surface area contributed by atoms with Gasteiger partial charge in [-0.15, -0.1) is 11.6 Å². The third kappa shape index (κ3) is 2.67. The van der Waals surface area contributed by atoms with E-state index in [1.807, 2.05) is 19.1 Å². The molecule has 3 nitrogen and oxygen atoms in total. The summed E-state index contributed by atoms with van der Waals surface area (Å²) in [6.45, 7) is 1.90. The summed E-state index contributed by atoms with van der Waals surface area (Å²) in [4.78, 5) is 13.7. The van der Waals surface area contributed by atoms with Crippen molar-refractivity contribution < 1.29 is 9.53 Å². The minimum atomic E-state index is -0.0781. The summed E-state index contributed by atoms with van der Waals surface area (Å²) in [5.41, 5.74) is 0.560. The number of halogens is 1. The van der Waals surface area contributed by atoms with Gasteiger partial charge in [0.25, 0.3) is 5.91 Å². The van der Waals surface area contributed by atoms with Crippen LogP contribution in [0.3, 0.4) is 0 Å². The molecule has 1 rings (SSSR count). The Hall–Kier alpha value is -1.22. The molecule has 0 aromatic heterocycles. The zero-order valence-corrected chi connectivity index (χ0v) is 10.5. The number of nitrogens with zero attached hydrogens (tertiary/aromatic N) is 1. The first-order chi connectivity index (χ1) is 7.61. The number of methoxy groups -OCH3 is 1. The van der Waals surface area contributed by atoms with Crippen molar-refractivity contribution in [1.82, 2.24) is 4.90 Å². The number of ether oxygens (including phenoxy) is 1. The Balaban J connectivity index is 2.95. The van der Waals surface area contributed by atoms with Crippen LogP contribution >= 0.6 is 11.6 Å². The zero-order chi connectivity index (χ0) is 12.1. The number of hydrogen-bond acceptors (Lipinski definition) is 2. The van der Waals surface area contributed by atoms with Gasteiger partial charge in [-0.2, -0.15) is 0 Å². The number of carbonyl (C=O) groups excluding carboxylic acids is 1. The fourth-order valence-electron chi connectivity index (χ4n) is 1.31. The Morgan fingerprint density at radius 2 is 2.12 bits per heavy atom. The Labute approximate surface area is 101 Å². The van der Waals surface area contributed by atoms with Crippen LogP contribution in [0, 0.1) is 0 Å². The van der Waals surface area contributed by atoms with Crippen LogP contribution in [0.1, 0.15) is 17.3 Å². The van der Waals surface area contributed by atoms with Gasteiger partial charge >= 0.3 is 0 Å². The number of carbonyl (C=O) groups is 1. The lowest BCUT2D eigenvalue weighted by Gasteiger charge is -2.23. The van der Waals surface area contributed by atoms with Gasteiger partial charge in [0.05, 0.1) is 12.7 Å². The van der Waals surface area contributed by atoms with Crippen molar-refractivity contribution in [3.05, 3.63) is 29.8 Å². The maximum atomic E-state index is 12.1. The Kier molecular flexibility index (Phi) is 4.62. The average molecular weight is 242 g/mol. The summed E-state index contributed by atoms with van der Waals surface area (Å²) in [6, 6.07) is 7.17. The average Bonchev–Trinajstić information content (AvgIpc) is 2.35. The second kappa shape index (κ2) is 5.75. The SMILES string of the molecule is COc1ccccc1C(=O)N(C)C(C)CCl. The van der Waals surface area contributed by atoms with Gasteiger partial charge < -0.3 is 9.64 Å². The number of amides is 1. The fourth-order valence-corrected chi connectivity index (χ4v) is 1.52. The molecule has 0 saturated carbocycles. The summed E-state index contributed by atoms with van der Waals surface area (Å²) in [6.07, 6.45) is 0. The highest BCUT2D eigenvalue weighted by Crippen LogP contribution is 2.19. The smallest absolute Gasteiger partial charge is 0.257 e. The van der Waals surface area contributed by atoms with Crippen LogP contribution in [0.15, 0.2) is 24.3 Å². The normalized spacial score (nSPS) is 12.0. The molecule has 88 valence electrons. The zero-order valence-electron chi connectivity index (χ0n) is 9.74. The van der Waals surface area contributed by atoms with Crippen molar-refractivity contribution in [3.63, 3.8) is 0 Å². The molecule has 0 spiro atoms. The van der Waals surface area contributed by atoms with Gasteiger partial charge in [-0.05, 0) is 19.1 Å². The highest BCUT2D eigenvalue weighted by atomic mass is 35.5. The van der Waals surface area contributed by atoms with Crippen LogP contribution in [-0.2, 0) is 0 Å². The second-order valence-corrected chi connectivity index (χ2v) is 3.93. The van der Waals surface area contributed by atoms with Crippen LogP contribution in [0.2, 0.25) is 0 Å². The summed E-state index contributed by atoms with van der Waals surface area (Å²) in [7, 11) is 3.29. The van der Waals surface area contributed by atoms with Crippen LogP contribution in [0.25, 0.3) is 0 Å². The molecule has 0 saturated heterocycles. The van der Waals surface area contributed by atoms with Crippen LogP contribution in [-0.4, -0.2) is 36.9 Å². The summed E-state index contributed by atoms with van der Waals surface area (Å²) in [5, 5.41) is 0. The van der Waals surface area contributed by atoms with Gasteiger partial charge in [0.2, 0.25) is 0 Å². The maximum absolute atomic E-state index is 12.1. The summed E-state index contributed by atoms with van der Waals surface area (Å²) >= 11 is 5.73. The largest absolute Gasteiger partial charge is 0.496 e. The van der Waals surface area contributed by atoms with Crippen LogP contribution in [0.4, 0.5) is 0 Å². The number of para-hydroxylation sites is 1. The highest BCUT2D eigenvalue weighted by molar-refractivity contribution is 6.18. The van der Waals surface area contributed by atoms with E-state index in [0.717, 1.165) is 0 Å². The number of benzene rings is 1. The van der Waals surface area contributed by atoms with E-state index < -0.39 is 0 Å². The Morgan fingerprint density at radius 1 is 1.50 bits per heavy atom. The van der Waals surface area contributed by atoms with E-state index >= 15 is 0 Å². The van der Waals surface area contributed by atoms with E-state index in [2.05, 4.69) is 0 Å². The molecular formula is C12H16ClNO2. The van der Waals surface area contributed by atoms with Crippen LogP contribution < -0.4 is 4.74 Å². The molecule has 1 aromatic rings. The molecule has 4 heteroatoms. The molecular weight excluding hydrogens is 226 g/mol. The summed E-state index contributed by atoms with van der Waals surface area (Å²) in [5.74, 6) is 0.920. The van der Waals surface area contributed by atoms with E-state index in [1.54, 1.807) is 31.2 Å².